The van der Waals surface area contributed by atoms with Gasteiger partial charge in [-0.05, 0) is 13.0 Å². The molecule has 0 saturated carbocycles. The molecule has 10 N–H and O–H groups in total. The maximum absolute atomic E-state index is 13.6. The lowest BCUT2D eigenvalue weighted by molar-refractivity contribution is -0.247. The molecule has 13 nitrogen and oxygen atoms in total. The Morgan fingerprint density at radius 2 is 1.80 bits per heavy atom. The second-order valence-corrected chi connectivity index (χ2v) is 10.2. The summed E-state index contributed by atoms with van der Waals surface area (Å²) in [6, 6.07) is 3.64. The molecule has 0 radical (unpaired) electrons. The zero-order chi connectivity index (χ0) is 28.4. The number of ether oxygens (including phenoxy) is 3. The minimum Gasteiger partial charge on any atom is -0.507 e. The van der Waals surface area contributed by atoms with E-state index in [9.17, 15) is 39.9 Å². The number of nitrogens with two attached hydrogens (primary N) is 1. The van der Waals surface area contributed by atoms with E-state index in [0.717, 1.165) is 0 Å². The standard InChI is InChI=1S/C27H29NO11.ClH.H3N/c1-10-22(31)13(28)6-17(38-10)39-15-8-27(36,16(30)9-29)7-12-19(15)26(35)21-20(24(12)33)23(32)11-4-3-5-14(37-2)18(11)25(21)34;;/h3-5,10,13,15,17,22,29,31,33,35-36H,6-9,28H2,1-2H3;1H;1H3/t10-,13-,15-,17-,22+,27-;;/m0../s1. The molecule has 5 rings (SSSR count). The molecule has 1 heterocycles. The molecule has 2 aromatic rings. The first-order valence-corrected chi connectivity index (χ1v) is 12.4. The molecule has 14 heteroatoms. The average Bonchev–Trinajstić information content (AvgIpc) is 2.90. The van der Waals surface area contributed by atoms with Crippen molar-refractivity contribution in [3.8, 4) is 17.2 Å². The van der Waals surface area contributed by atoms with Crippen molar-refractivity contribution in [3.63, 3.8) is 0 Å². The Morgan fingerprint density at radius 3 is 2.41 bits per heavy atom. The van der Waals surface area contributed by atoms with Crippen LogP contribution in [0.4, 0.5) is 0 Å². The average molecular weight is 597 g/mol. The van der Waals surface area contributed by atoms with Crippen molar-refractivity contribution in [1.29, 1.82) is 0 Å². The molecule has 0 unspecified atom stereocenters. The SMILES string of the molecule is COc1cccc2c1C(=O)c1c(O)c3c(c(O)c1C2=O)C[C@@](O)(C(=O)CO)C[C@@H]3O[C@H]1C[C@H](N)[C@H](O)[C@H](C)O1.Cl.N. The Hall–Kier alpha value is -3.14. The van der Waals surface area contributed by atoms with Gasteiger partial charge in [-0.15, -0.1) is 12.4 Å². The number of hydrogen-bond donors (Lipinski definition) is 7. The third-order valence-corrected chi connectivity index (χ3v) is 7.81. The zero-order valence-electron chi connectivity index (χ0n) is 22.3. The van der Waals surface area contributed by atoms with Crippen LogP contribution in [0.25, 0.3) is 0 Å². The first kappa shape index (κ1) is 32.4. The largest absolute Gasteiger partial charge is 0.507 e. The fraction of sp³-hybridized carbons (Fsp3) is 0.444. The number of carbonyl (C=O) groups is 3. The molecule has 1 saturated heterocycles. The van der Waals surface area contributed by atoms with Gasteiger partial charge < -0.3 is 51.6 Å². The number of fused-ring (bicyclic) bond motifs is 3. The van der Waals surface area contributed by atoms with Crippen LogP contribution in [0.3, 0.4) is 0 Å². The third-order valence-electron chi connectivity index (χ3n) is 7.81. The molecular weight excluding hydrogens is 564 g/mol. The number of aliphatic hydroxyl groups excluding tert-OH is 2. The summed E-state index contributed by atoms with van der Waals surface area (Å²) in [5.74, 6) is -3.77. The van der Waals surface area contributed by atoms with Crippen LogP contribution in [0.15, 0.2) is 18.2 Å². The topological polar surface area (TPSA) is 241 Å². The molecular formula is C27H33ClN2O11. The first-order chi connectivity index (χ1) is 18.4. The van der Waals surface area contributed by atoms with Gasteiger partial charge in [-0.3, -0.25) is 14.4 Å². The summed E-state index contributed by atoms with van der Waals surface area (Å²) in [5, 5.41) is 53.7. The summed E-state index contributed by atoms with van der Waals surface area (Å²) in [7, 11) is 1.32. The summed E-state index contributed by atoms with van der Waals surface area (Å²) in [5.41, 5.74) is 2.37. The van der Waals surface area contributed by atoms with Crippen molar-refractivity contribution >= 4 is 29.8 Å². The van der Waals surface area contributed by atoms with E-state index in [2.05, 4.69) is 0 Å². The molecule has 0 amide bonds. The fourth-order valence-corrected chi connectivity index (χ4v) is 5.75. The second kappa shape index (κ2) is 11.6. The van der Waals surface area contributed by atoms with Crippen molar-refractivity contribution in [2.45, 2.75) is 62.4 Å². The van der Waals surface area contributed by atoms with E-state index in [1.54, 1.807) is 6.92 Å². The van der Waals surface area contributed by atoms with Crippen molar-refractivity contribution in [2.75, 3.05) is 13.7 Å². The van der Waals surface area contributed by atoms with Crippen LogP contribution in [-0.4, -0.2) is 86.7 Å². The number of phenolic OH excluding ortho intramolecular Hbond substituents is 2. The van der Waals surface area contributed by atoms with Crippen LogP contribution in [-0.2, 0) is 20.7 Å². The lowest BCUT2D eigenvalue weighted by Gasteiger charge is -2.42. The quantitative estimate of drug-likeness (QED) is 0.200. The van der Waals surface area contributed by atoms with Gasteiger partial charge in [0.1, 0.15) is 29.5 Å². The zero-order valence-corrected chi connectivity index (χ0v) is 23.1. The van der Waals surface area contributed by atoms with E-state index in [-0.39, 0.29) is 53.0 Å². The molecule has 0 aromatic heterocycles. The van der Waals surface area contributed by atoms with Crippen LogP contribution in [0.5, 0.6) is 17.2 Å². The van der Waals surface area contributed by atoms with E-state index >= 15 is 0 Å². The number of Topliss-reactive ketones (excluding diaryl/α,β-unsaturated/α-hetero) is 1. The lowest BCUT2D eigenvalue weighted by Crippen LogP contribution is -2.53. The molecule has 6 atom stereocenters. The van der Waals surface area contributed by atoms with E-state index in [1.165, 1.54) is 25.3 Å². The molecule has 2 aliphatic carbocycles. The molecule has 1 aliphatic heterocycles. The van der Waals surface area contributed by atoms with Gasteiger partial charge in [-0.25, -0.2) is 0 Å². The number of aliphatic hydroxyl groups is 3. The molecule has 0 spiro atoms. The maximum atomic E-state index is 13.6. The highest BCUT2D eigenvalue weighted by Crippen LogP contribution is 2.52. The Kier molecular flexibility index (Phi) is 9.18. The fourth-order valence-electron chi connectivity index (χ4n) is 5.75. The number of hydrogen-bond acceptors (Lipinski definition) is 13. The van der Waals surface area contributed by atoms with Crippen LogP contribution >= 0.6 is 12.4 Å². The number of benzene rings is 2. The molecule has 41 heavy (non-hydrogen) atoms. The predicted molar refractivity (Wildman–Crippen MR) is 144 cm³/mol. The number of phenols is 2. The summed E-state index contributed by atoms with van der Waals surface area (Å²) in [6.45, 7) is 0.560. The predicted octanol–water partition coefficient (Wildman–Crippen LogP) is 0.585. The number of rotatable bonds is 5. The molecule has 1 fully saturated rings. The highest BCUT2D eigenvalue weighted by molar-refractivity contribution is 6.31. The Morgan fingerprint density at radius 1 is 1.15 bits per heavy atom. The first-order valence-electron chi connectivity index (χ1n) is 12.4. The molecule has 224 valence electrons. The van der Waals surface area contributed by atoms with Crippen molar-refractivity contribution in [3.05, 3.63) is 51.6 Å². The van der Waals surface area contributed by atoms with E-state index < -0.39 is 95.7 Å². The Bertz CT molecular complexity index is 1390. The Labute approximate surface area is 240 Å². The molecule has 2 aromatic carbocycles. The summed E-state index contributed by atoms with van der Waals surface area (Å²) in [6.07, 6.45) is -5.12. The summed E-state index contributed by atoms with van der Waals surface area (Å²) in [4.78, 5) is 39.7. The summed E-state index contributed by atoms with van der Waals surface area (Å²) >= 11 is 0. The number of carbonyl (C=O) groups excluding carboxylic acids is 3. The van der Waals surface area contributed by atoms with Gasteiger partial charge in [-0.2, -0.15) is 0 Å². The lowest BCUT2D eigenvalue weighted by atomic mass is 9.72. The van der Waals surface area contributed by atoms with Gasteiger partial charge in [-0.1, -0.05) is 12.1 Å². The smallest absolute Gasteiger partial charge is 0.202 e. The van der Waals surface area contributed by atoms with Crippen molar-refractivity contribution < 1.29 is 54.1 Å². The normalized spacial score (nSPS) is 28.4. The van der Waals surface area contributed by atoms with Gasteiger partial charge in [0.25, 0.3) is 0 Å². The van der Waals surface area contributed by atoms with Gasteiger partial charge in [0.2, 0.25) is 5.78 Å². The Balaban J connectivity index is 0.00000231. The van der Waals surface area contributed by atoms with Crippen LogP contribution < -0.4 is 16.6 Å². The van der Waals surface area contributed by atoms with Gasteiger partial charge in [0.05, 0.1) is 42.1 Å². The van der Waals surface area contributed by atoms with Gasteiger partial charge in [0, 0.05) is 42.0 Å². The minimum absolute atomic E-state index is 0. The van der Waals surface area contributed by atoms with Crippen LogP contribution in [0.2, 0.25) is 0 Å². The van der Waals surface area contributed by atoms with Crippen molar-refractivity contribution in [2.24, 2.45) is 5.73 Å². The third kappa shape index (κ3) is 4.98. The highest BCUT2D eigenvalue weighted by Gasteiger charge is 2.50. The maximum Gasteiger partial charge on any atom is 0.202 e. The number of halogens is 1. The van der Waals surface area contributed by atoms with E-state index in [0.29, 0.717) is 0 Å². The summed E-state index contributed by atoms with van der Waals surface area (Å²) < 4.78 is 17.0. The minimum atomic E-state index is -2.24. The van der Waals surface area contributed by atoms with Crippen LogP contribution in [0.1, 0.15) is 68.8 Å². The van der Waals surface area contributed by atoms with Gasteiger partial charge in [0.15, 0.2) is 17.9 Å². The number of aromatic hydroxyl groups is 2. The number of ketones is 3. The van der Waals surface area contributed by atoms with Crippen LogP contribution in [0, 0.1) is 0 Å². The molecule has 0 bridgehead atoms. The number of methoxy groups -OCH3 is 1. The molecule has 3 aliphatic rings. The van der Waals surface area contributed by atoms with Gasteiger partial charge >= 0.3 is 0 Å². The highest BCUT2D eigenvalue weighted by atomic mass is 35.5. The second-order valence-electron chi connectivity index (χ2n) is 10.2. The van der Waals surface area contributed by atoms with Crippen molar-refractivity contribution in [1.82, 2.24) is 6.15 Å². The monoisotopic (exact) mass is 596 g/mol. The van der Waals surface area contributed by atoms with E-state index in [1.807, 2.05) is 0 Å². The van der Waals surface area contributed by atoms with E-state index in [4.69, 9.17) is 19.9 Å².